The van der Waals surface area contributed by atoms with Gasteiger partial charge < -0.3 is 20.4 Å². The summed E-state index contributed by atoms with van der Waals surface area (Å²) in [6, 6.07) is 8.06. The van der Waals surface area contributed by atoms with Gasteiger partial charge in [-0.1, -0.05) is 0 Å². The highest BCUT2D eigenvalue weighted by Gasteiger charge is 2.12. The van der Waals surface area contributed by atoms with E-state index in [1.165, 1.54) is 6.20 Å². The van der Waals surface area contributed by atoms with Gasteiger partial charge >= 0.3 is 6.03 Å². The molecule has 0 saturated heterocycles. The number of rotatable bonds is 4. The summed E-state index contributed by atoms with van der Waals surface area (Å²) in [7, 11) is 1.56. The van der Waals surface area contributed by atoms with Crippen LogP contribution >= 0.6 is 0 Å². The molecule has 1 unspecified atom stereocenters. The summed E-state index contributed by atoms with van der Waals surface area (Å²) in [4.78, 5) is 31.6. The predicted octanol–water partition coefficient (Wildman–Crippen LogP) is 2.81. The normalized spacial score (nSPS) is 11.8. The van der Waals surface area contributed by atoms with Crippen LogP contribution in [0.3, 0.4) is 0 Å². The second-order valence-corrected chi connectivity index (χ2v) is 5.54. The fraction of sp³-hybridized carbons (Fsp3) is 0.167. The van der Waals surface area contributed by atoms with Crippen LogP contribution in [0, 0.1) is 0 Å². The molecule has 0 fully saturated rings. The largest absolute Gasteiger partial charge is 0.497 e. The van der Waals surface area contributed by atoms with Crippen molar-refractivity contribution in [2.45, 2.75) is 13.0 Å². The van der Waals surface area contributed by atoms with Gasteiger partial charge in [-0.3, -0.25) is 9.78 Å². The number of aromatic amines is 1. The van der Waals surface area contributed by atoms with E-state index in [1.54, 1.807) is 37.7 Å². The molecule has 25 heavy (non-hydrogen) atoms. The Kier molecular flexibility index (Phi) is 4.65. The van der Waals surface area contributed by atoms with Crippen molar-refractivity contribution in [2.75, 3.05) is 12.4 Å². The number of hydrogen-bond donors (Lipinski definition) is 3. The van der Waals surface area contributed by atoms with Crippen LogP contribution in [0.5, 0.6) is 5.75 Å². The molecule has 0 aliphatic carbocycles. The Hall–Kier alpha value is -3.35. The van der Waals surface area contributed by atoms with Crippen LogP contribution < -0.4 is 20.8 Å². The third kappa shape index (κ3) is 3.60. The number of methoxy groups -OCH3 is 1. The Morgan fingerprint density at radius 2 is 2.00 bits per heavy atom. The van der Waals surface area contributed by atoms with Crippen LogP contribution in [0.15, 0.2) is 53.7 Å². The number of amides is 2. The number of carbonyl (C=O) groups excluding carboxylic acids is 1. The van der Waals surface area contributed by atoms with Crippen molar-refractivity contribution in [1.29, 1.82) is 0 Å². The van der Waals surface area contributed by atoms with E-state index < -0.39 is 6.03 Å². The first kappa shape index (κ1) is 16.5. The van der Waals surface area contributed by atoms with E-state index in [4.69, 9.17) is 4.74 Å². The zero-order chi connectivity index (χ0) is 17.8. The summed E-state index contributed by atoms with van der Waals surface area (Å²) in [6.45, 7) is 1.85. The average Bonchev–Trinajstić information content (AvgIpc) is 2.64. The molecule has 0 radical (unpaired) electrons. The summed E-state index contributed by atoms with van der Waals surface area (Å²) < 4.78 is 5.14. The number of anilines is 1. The maximum atomic E-state index is 12.5. The van der Waals surface area contributed by atoms with Crippen LogP contribution in [-0.4, -0.2) is 23.1 Å². The van der Waals surface area contributed by atoms with Gasteiger partial charge in [-0.2, -0.15) is 0 Å². The number of pyridine rings is 2. The topological polar surface area (TPSA) is 96.1 Å². The van der Waals surface area contributed by atoms with Crippen LogP contribution in [-0.2, 0) is 0 Å². The van der Waals surface area contributed by atoms with Crippen molar-refractivity contribution < 1.29 is 9.53 Å². The maximum Gasteiger partial charge on any atom is 0.319 e. The minimum absolute atomic E-state index is 0.178. The second kappa shape index (κ2) is 7.04. The lowest BCUT2D eigenvalue weighted by Gasteiger charge is -2.14. The minimum Gasteiger partial charge on any atom is -0.497 e. The van der Waals surface area contributed by atoms with Gasteiger partial charge in [0.2, 0.25) is 5.43 Å². The molecule has 1 aromatic carbocycles. The standard InChI is InChI=1S/C18H18N4O3/c1-11(12-5-7-19-8-6-12)21-18(24)22-16-10-20-15-9-13(25-2)3-4-14(15)17(16)23/h3-11H,1-2H3,(H,20,23)(H2,21,22,24). The van der Waals surface area contributed by atoms with Crippen molar-refractivity contribution in [3.05, 3.63) is 64.7 Å². The Morgan fingerprint density at radius 1 is 1.24 bits per heavy atom. The van der Waals surface area contributed by atoms with Crippen LogP contribution in [0.25, 0.3) is 10.9 Å². The second-order valence-electron chi connectivity index (χ2n) is 5.54. The van der Waals surface area contributed by atoms with Crippen molar-refractivity contribution in [3.8, 4) is 5.75 Å². The molecule has 3 N–H and O–H groups in total. The van der Waals surface area contributed by atoms with E-state index in [0.29, 0.717) is 16.7 Å². The lowest BCUT2D eigenvalue weighted by Crippen LogP contribution is -2.32. The molecular formula is C18H18N4O3. The van der Waals surface area contributed by atoms with Gasteiger partial charge in [-0.15, -0.1) is 0 Å². The molecule has 0 saturated carbocycles. The third-order valence-electron chi connectivity index (χ3n) is 3.89. The number of carbonyl (C=O) groups is 1. The molecule has 3 aromatic rings. The average molecular weight is 338 g/mol. The number of urea groups is 1. The highest BCUT2D eigenvalue weighted by molar-refractivity contribution is 5.92. The molecule has 7 nitrogen and oxygen atoms in total. The molecule has 2 heterocycles. The fourth-order valence-corrected chi connectivity index (χ4v) is 2.51. The number of hydrogen-bond acceptors (Lipinski definition) is 4. The van der Waals surface area contributed by atoms with E-state index in [-0.39, 0.29) is 17.2 Å². The van der Waals surface area contributed by atoms with Gasteiger partial charge in [0.25, 0.3) is 0 Å². The number of nitrogens with zero attached hydrogens (tertiary/aromatic N) is 1. The fourth-order valence-electron chi connectivity index (χ4n) is 2.51. The Labute approximate surface area is 144 Å². The predicted molar refractivity (Wildman–Crippen MR) is 95.9 cm³/mol. The van der Waals surface area contributed by atoms with Crippen molar-refractivity contribution in [2.24, 2.45) is 0 Å². The Bertz CT molecular complexity index is 953. The van der Waals surface area contributed by atoms with Gasteiger partial charge in [0.1, 0.15) is 11.4 Å². The van der Waals surface area contributed by atoms with Crippen LogP contribution in [0.1, 0.15) is 18.5 Å². The highest BCUT2D eigenvalue weighted by atomic mass is 16.5. The molecule has 1 atom stereocenters. The first-order valence-electron chi connectivity index (χ1n) is 7.75. The molecule has 2 aromatic heterocycles. The van der Waals surface area contributed by atoms with Crippen molar-refractivity contribution >= 4 is 22.6 Å². The van der Waals surface area contributed by atoms with E-state index in [0.717, 1.165) is 5.56 Å². The lowest BCUT2D eigenvalue weighted by atomic mass is 10.1. The number of benzene rings is 1. The van der Waals surface area contributed by atoms with Crippen LogP contribution in [0.2, 0.25) is 0 Å². The van der Waals surface area contributed by atoms with Crippen molar-refractivity contribution in [1.82, 2.24) is 15.3 Å². The molecule has 0 bridgehead atoms. The molecule has 2 amide bonds. The quantitative estimate of drug-likeness (QED) is 0.681. The number of fused-ring (bicyclic) bond motifs is 1. The lowest BCUT2D eigenvalue weighted by molar-refractivity contribution is 0.249. The summed E-state index contributed by atoms with van der Waals surface area (Å²) in [6.07, 6.45) is 4.79. The first-order valence-corrected chi connectivity index (χ1v) is 7.75. The van der Waals surface area contributed by atoms with Gasteiger partial charge in [-0.05, 0) is 36.8 Å². The monoisotopic (exact) mass is 338 g/mol. The van der Waals surface area contributed by atoms with Crippen molar-refractivity contribution in [3.63, 3.8) is 0 Å². The minimum atomic E-state index is -0.456. The highest BCUT2D eigenvalue weighted by Crippen LogP contribution is 2.18. The summed E-state index contributed by atoms with van der Waals surface area (Å²) in [5, 5.41) is 5.85. The third-order valence-corrected chi connectivity index (χ3v) is 3.89. The Morgan fingerprint density at radius 3 is 2.72 bits per heavy atom. The van der Waals surface area contributed by atoms with E-state index >= 15 is 0 Å². The molecule has 0 aliphatic heterocycles. The number of H-pyrrole nitrogens is 1. The summed E-state index contributed by atoms with van der Waals surface area (Å²) in [5.41, 5.74) is 1.48. The zero-order valence-electron chi connectivity index (χ0n) is 13.9. The van der Waals surface area contributed by atoms with E-state index in [9.17, 15) is 9.59 Å². The van der Waals surface area contributed by atoms with E-state index in [2.05, 4.69) is 20.6 Å². The van der Waals surface area contributed by atoms with Gasteiger partial charge in [0.05, 0.1) is 18.7 Å². The first-order chi connectivity index (χ1) is 12.1. The van der Waals surface area contributed by atoms with Crippen LogP contribution in [0.4, 0.5) is 10.5 Å². The zero-order valence-corrected chi connectivity index (χ0v) is 13.9. The molecule has 128 valence electrons. The smallest absolute Gasteiger partial charge is 0.319 e. The molecule has 0 aliphatic rings. The maximum absolute atomic E-state index is 12.5. The van der Waals surface area contributed by atoms with Gasteiger partial charge in [0, 0.05) is 30.0 Å². The molecule has 7 heteroatoms. The SMILES string of the molecule is COc1ccc2c(=O)c(NC(=O)NC(C)c3ccncc3)c[nH]c2c1. The molecule has 3 rings (SSSR count). The van der Waals surface area contributed by atoms with E-state index in [1.807, 2.05) is 19.1 Å². The summed E-state index contributed by atoms with van der Waals surface area (Å²) in [5.74, 6) is 0.646. The number of nitrogens with one attached hydrogen (secondary N) is 3. The number of aromatic nitrogens is 2. The summed E-state index contributed by atoms with van der Waals surface area (Å²) >= 11 is 0. The Balaban J connectivity index is 1.77. The van der Waals surface area contributed by atoms with Gasteiger partial charge in [-0.25, -0.2) is 4.79 Å². The number of ether oxygens (including phenoxy) is 1. The molecule has 0 spiro atoms. The molecular weight excluding hydrogens is 320 g/mol. The van der Waals surface area contributed by atoms with Gasteiger partial charge in [0.15, 0.2) is 0 Å².